The summed E-state index contributed by atoms with van der Waals surface area (Å²) in [4.78, 5) is 3.67. The number of ether oxygens (including phenoxy) is 1. The summed E-state index contributed by atoms with van der Waals surface area (Å²) in [6, 6.07) is 0. The number of hydrogen-bond donors (Lipinski definition) is 1. The van der Waals surface area contributed by atoms with Gasteiger partial charge >= 0.3 is 0 Å². The molecule has 0 aliphatic heterocycles. The molecule has 1 atom stereocenters. The number of sulfonamides is 1. The molecular formula is C8H13ClN2O4S2. The smallest absolute Gasteiger partial charge is 0.254 e. The van der Waals surface area contributed by atoms with Crippen molar-refractivity contribution >= 4 is 33.0 Å². The van der Waals surface area contributed by atoms with Crippen LogP contribution in [0, 0.1) is 0 Å². The monoisotopic (exact) mass is 300 g/mol. The molecular weight excluding hydrogens is 288 g/mol. The zero-order chi connectivity index (χ0) is 13.1. The second kappa shape index (κ2) is 6.07. The third kappa shape index (κ3) is 3.87. The normalized spacial score (nSPS) is 14.2. The van der Waals surface area contributed by atoms with Crippen molar-refractivity contribution in [2.45, 2.75) is 10.3 Å². The molecule has 17 heavy (non-hydrogen) atoms. The number of rotatable bonds is 6. The van der Waals surface area contributed by atoms with E-state index < -0.39 is 16.1 Å². The summed E-state index contributed by atoms with van der Waals surface area (Å²) in [5.74, 6) is 0. The highest BCUT2D eigenvalue weighted by Gasteiger charge is 2.25. The second-order valence-corrected chi connectivity index (χ2v) is 7.21. The molecule has 0 aliphatic rings. The van der Waals surface area contributed by atoms with Crippen LogP contribution in [0.4, 0.5) is 0 Å². The first kappa shape index (κ1) is 14.8. The van der Waals surface area contributed by atoms with E-state index in [0.717, 1.165) is 15.6 Å². The van der Waals surface area contributed by atoms with Gasteiger partial charge in [0, 0.05) is 20.7 Å². The van der Waals surface area contributed by atoms with Crippen molar-refractivity contribution in [2.24, 2.45) is 0 Å². The number of methoxy groups -OCH3 is 1. The number of aromatic nitrogens is 1. The first-order valence-corrected chi connectivity index (χ1v) is 7.26. The van der Waals surface area contributed by atoms with Gasteiger partial charge in [-0.05, 0) is 0 Å². The molecule has 1 N–H and O–H groups in total. The largest absolute Gasteiger partial charge is 0.389 e. The molecule has 0 aromatic carbocycles. The van der Waals surface area contributed by atoms with Crippen LogP contribution in [0.25, 0.3) is 0 Å². The quantitative estimate of drug-likeness (QED) is 0.824. The van der Waals surface area contributed by atoms with Gasteiger partial charge in [0.2, 0.25) is 0 Å². The summed E-state index contributed by atoms with van der Waals surface area (Å²) in [5, 5.41) is 9.47. The topological polar surface area (TPSA) is 79.7 Å². The van der Waals surface area contributed by atoms with Gasteiger partial charge in [-0.2, -0.15) is 4.31 Å². The van der Waals surface area contributed by atoms with Gasteiger partial charge in [0.25, 0.3) is 10.0 Å². The van der Waals surface area contributed by atoms with E-state index in [9.17, 15) is 13.5 Å². The average molecular weight is 301 g/mol. The number of hydrogen-bond acceptors (Lipinski definition) is 6. The number of thiazole rings is 1. The second-order valence-electron chi connectivity index (χ2n) is 3.33. The Bertz CT molecular complexity index is 462. The standard InChI is InChI=1S/C8H13ClN2O4S2/c1-11(4-6(12)5-15-2)17(13,14)7-3-10-8(9)16-7/h3,6,12H,4-5H2,1-2H3. The maximum atomic E-state index is 12.0. The van der Waals surface area contributed by atoms with Crippen LogP contribution >= 0.6 is 22.9 Å². The number of aliphatic hydroxyl groups is 1. The van der Waals surface area contributed by atoms with Gasteiger partial charge in [-0.3, -0.25) is 0 Å². The fraction of sp³-hybridized carbons (Fsp3) is 0.625. The average Bonchev–Trinajstić information content (AvgIpc) is 2.65. The molecule has 0 amide bonds. The molecule has 1 rings (SSSR count). The molecule has 0 saturated carbocycles. The Balaban J connectivity index is 2.77. The lowest BCUT2D eigenvalue weighted by Crippen LogP contribution is -2.35. The van der Waals surface area contributed by atoms with E-state index in [2.05, 4.69) is 4.98 Å². The lowest BCUT2D eigenvalue weighted by atomic mass is 10.4. The minimum Gasteiger partial charge on any atom is -0.389 e. The molecule has 0 aliphatic carbocycles. The van der Waals surface area contributed by atoms with Gasteiger partial charge in [0.15, 0.2) is 8.68 Å². The van der Waals surface area contributed by atoms with Gasteiger partial charge in [0.1, 0.15) is 0 Å². The van der Waals surface area contributed by atoms with Crippen LogP contribution in [-0.4, -0.2) is 56.2 Å². The zero-order valence-electron chi connectivity index (χ0n) is 9.33. The highest BCUT2D eigenvalue weighted by atomic mass is 35.5. The molecule has 0 radical (unpaired) electrons. The molecule has 98 valence electrons. The summed E-state index contributed by atoms with van der Waals surface area (Å²) in [7, 11) is -0.834. The van der Waals surface area contributed by atoms with Crippen LogP contribution in [0.3, 0.4) is 0 Å². The van der Waals surface area contributed by atoms with Crippen LogP contribution in [0.15, 0.2) is 10.4 Å². The van der Waals surface area contributed by atoms with Crippen LogP contribution in [0.2, 0.25) is 4.47 Å². The van der Waals surface area contributed by atoms with Crippen LogP contribution in [0.1, 0.15) is 0 Å². The predicted octanol–water partition coefficient (Wildman–Crippen LogP) is 0.424. The van der Waals surface area contributed by atoms with E-state index in [-0.39, 0.29) is 21.8 Å². The first-order valence-electron chi connectivity index (χ1n) is 4.62. The third-order valence-corrected chi connectivity index (χ3v) is 5.32. The van der Waals surface area contributed by atoms with Crippen molar-refractivity contribution in [3.05, 3.63) is 10.7 Å². The minimum atomic E-state index is -3.64. The summed E-state index contributed by atoms with van der Waals surface area (Å²) in [6.07, 6.45) is 0.324. The zero-order valence-corrected chi connectivity index (χ0v) is 11.7. The maximum absolute atomic E-state index is 12.0. The van der Waals surface area contributed by atoms with Crippen LogP contribution < -0.4 is 0 Å². The molecule has 0 spiro atoms. The number of likely N-dealkylation sites (N-methyl/N-ethyl adjacent to an activating group) is 1. The highest BCUT2D eigenvalue weighted by Crippen LogP contribution is 2.24. The Morgan fingerprint density at radius 3 is 2.82 bits per heavy atom. The SMILES string of the molecule is COCC(O)CN(C)S(=O)(=O)c1cnc(Cl)s1. The fourth-order valence-corrected chi connectivity index (χ4v) is 3.87. The van der Waals surface area contributed by atoms with Crippen molar-refractivity contribution in [1.82, 2.24) is 9.29 Å². The fourth-order valence-electron chi connectivity index (χ4n) is 1.15. The number of aliphatic hydroxyl groups excluding tert-OH is 1. The van der Waals surface area contributed by atoms with E-state index in [4.69, 9.17) is 16.3 Å². The van der Waals surface area contributed by atoms with Gasteiger partial charge < -0.3 is 9.84 Å². The Morgan fingerprint density at radius 1 is 1.71 bits per heavy atom. The summed E-state index contributed by atoms with van der Waals surface area (Å²) < 4.78 is 29.9. The Kier molecular flexibility index (Phi) is 5.29. The van der Waals surface area contributed by atoms with Crippen molar-refractivity contribution in [2.75, 3.05) is 27.3 Å². The molecule has 6 nitrogen and oxygen atoms in total. The van der Waals surface area contributed by atoms with Gasteiger partial charge in [-0.1, -0.05) is 22.9 Å². The minimum absolute atomic E-state index is 0.0499. The van der Waals surface area contributed by atoms with Crippen molar-refractivity contribution in [3.63, 3.8) is 0 Å². The lowest BCUT2D eigenvalue weighted by molar-refractivity contribution is 0.0554. The molecule has 1 aromatic heterocycles. The van der Waals surface area contributed by atoms with Gasteiger partial charge in [0.05, 0.1) is 18.9 Å². The Labute approximate surface area is 109 Å². The third-order valence-electron chi connectivity index (χ3n) is 1.95. The lowest BCUT2D eigenvalue weighted by Gasteiger charge is -2.18. The molecule has 1 aromatic rings. The van der Waals surface area contributed by atoms with Gasteiger partial charge in [-0.25, -0.2) is 13.4 Å². The highest BCUT2D eigenvalue weighted by molar-refractivity contribution is 7.91. The molecule has 0 saturated heterocycles. The van der Waals surface area contributed by atoms with E-state index in [1.165, 1.54) is 20.4 Å². The molecule has 0 bridgehead atoms. The van der Waals surface area contributed by atoms with Gasteiger partial charge in [-0.15, -0.1) is 0 Å². The van der Waals surface area contributed by atoms with Crippen LogP contribution in [0.5, 0.6) is 0 Å². The maximum Gasteiger partial charge on any atom is 0.254 e. The van der Waals surface area contributed by atoms with E-state index in [1.807, 2.05) is 0 Å². The molecule has 1 heterocycles. The van der Waals surface area contributed by atoms with Crippen molar-refractivity contribution < 1.29 is 18.3 Å². The summed E-state index contributed by atoms with van der Waals surface area (Å²) in [6.45, 7) is 0.0228. The molecule has 1 unspecified atom stereocenters. The molecule has 0 fully saturated rings. The Morgan fingerprint density at radius 2 is 2.35 bits per heavy atom. The number of nitrogens with zero attached hydrogens (tertiary/aromatic N) is 2. The first-order chi connectivity index (χ1) is 7.87. The van der Waals surface area contributed by atoms with E-state index in [0.29, 0.717) is 0 Å². The summed E-state index contributed by atoms with van der Waals surface area (Å²) in [5.41, 5.74) is 0. The van der Waals surface area contributed by atoms with E-state index in [1.54, 1.807) is 0 Å². The molecule has 9 heteroatoms. The Hall–Kier alpha value is -0.250. The van der Waals surface area contributed by atoms with Crippen LogP contribution in [-0.2, 0) is 14.8 Å². The van der Waals surface area contributed by atoms with Crippen molar-refractivity contribution in [1.29, 1.82) is 0 Å². The summed E-state index contributed by atoms with van der Waals surface area (Å²) >= 11 is 6.46. The number of halogens is 1. The predicted molar refractivity (Wildman–Crippen MR) is 64.8 cm³/mol. The van der Waals surface area contributed by atoms with Crippen molar-refractivity contribution in [3.8, 4) is 0 Å². The van der Waals surface area contributed by atoms with E-state index >= 15 is 0 Å².